The van der Waals surface area contributed by atoms with E-state index in [1.165, 1.54) is 9.13 Å². The Labute approximate surface area is 284 Å². The van der Waals surface area contributed by atoms with E-state index in [0.717, 1.165) is 64.2 Å². The van der Waals surface area contributed by atoms with Crippen LogP contribution in [0.1, 0.15) is 119 Å². The monoisotopic (exact) mass is 662 g/mol. The first kappa shape index (κ1) is 37.0. The molecule has 0 aliphatic heterocycles. The maximum absolute atomic E-state index is 14.7. The highest BCUT2D eigenvalue weighted by Crippen LogP contribution is 2.46. The molecular weight excluding hydrogens is 604 g/mol. The fourth-order valence-corrected chi connectivity index (χ4v) is 6.51. The van der Waals surface area contributed by atoms with E-state index in [1.54, 1.807) is 0 Å². The van der Waals surface area contributed by atoms with Crippen LogP contribution in [0.5, 0.6) is 11.8 Å². The Balaban J connectivity index is 2.46. The van der Waals surface area contributed by atoms with Gasteiger partial charge in [-0.05, 0) is 38.5 Å². The standard InChI is InChI=1S/C38H58N6O4/c1-7-13-19-39-31-27-25-26-28(32(31)40-20-14-8-2)36(46)44(24-18-12-6)38(48)30(26)34(42-22-16-10-4)33(41-21-15-9-3)29(25)37(47)43(35(27)45)23-17-11-5/h39-40,45,48H,7-24H2,1-6H3. The number of aromatic hydroxyl groups is 2. The third kappa shape index (κ3) is 7.13. The lowest BCUT2D eigenvalue weighted by Crippen LogP contribution is -2.37. The van der Waals surface area contributed by atoms with E-state index in [2.05, 4.69) is 52.2 Å². The van der Waals surface area contributed by atoms with Crippen LogP contribution in [0, 0.1) is 0 Å². The molecule has 0 amide bonds. The van der Waals surface area contributed by atoms with Crippen LogP contribution in [0.3, 0.4) is 0 Å². The second-order valence-corrected chi connectivity index (χ2v) is 13.0. The van der Waals surface area contributed by atoms with Gasteiger partial charge in [0.05, 0.1) is 43.6 Å². The highest BCUT2D eigenvalue weighted by atomic mass is 16.3. The maximum atomic E-state index is 14.7. The van der Waals surface area contributed by atoms with Crippen LogP contribution in [0.2, 0.25) is 0 Å². The van der Waals surface area contributed by atoms with Crippen molar-refractivity contribution in [1.82, 2.24) is 9.13 Å². The number of hydrogen-bond donors (Lipinski definition) is 4. The molecule has 0 aliphatic carbocycles. The molecule has 48 heavy (non-hydrogen) atoms. The molecule has 0 radical (unpaired) electrons. The van der Waals surface area contributed by atoms with E-state index in [0.29, 0.717) is 107 Å². The van der Waals surface area contributed by atoms with Crippen LogP contribution in [0.25, 0.3) is 32.3 Å². The molecule has 0 saturated carbocycles. The van der Waals surface area contributed by atoms with Gasteiger partial charge >= 0.3 is 0 Å². The van der Waals surface area contributed by atoms with Crippen molar-refractivity contribution in [1.29, 1.82) is 0 Å². The van der Waals surface area contributed by atoms with Crippen molar-refractivity contribution in [2.24, 2.45) is 9.98 Å². The minimum Gasteiger partial charge on any atom is -0.494 e. The quantitative estimate of drug-likeness (QED) is 0.0585. The zero-order valence-electron chi connectivity index (χ0n) is 30.2. The summed E-state index contributed by atoms with van der Waals surface area (Å²) < 4.78 is 2.94. The van der Waals surface area contributed by atoms with Crippen LogP contribution in [-0.4, -0.2) is 45.5 Å². The lowest BCUT2D eigenvalue weighted by atomic mass is 9.92. The minimum absolute atomic E-state index is 0.133. The van der Waals surface area contributed by atoms with Gasteiger partial charge in [-0.1, -0.05) is 80.1 Å². The minimum atomic E-state index is -0.348. The molecule has 2 aromatic carbocycles. The van der Waals surface area contributed by atoms with Crippen molar-refractivity contribution < 1.29 is 10.2 Å². The predicted molar refractivity (Wildman–Crippen MR) is 200 cm³/mol. The van der Waals surface area contributed by atoms with Crippen molar-refractivity contribution in [3.63, 3.8) is 0 Å². The summed E-state index contributed by atoms with van der Waals surface area (Å²) in [6.07, 6.45) is 10.3. The van der Waals surface area contributed by atoms with Crippen LogP contribution in [0.4, 0.5) is 11.4 Å². The molecule has 0 saturated heterocycles. The Morgan fingerprint density at radius 2 is 0.896 bits per heavy atom. The van der Waals surface area contributed by atoms with E-state index < -0.39 is 0 Å². The zero-order chi connectivity index (χ0) is 34.8. The molecule has 0 spiro atoms. The summed E-state index contributed by atoms with van der Waals surface area (Å²) in [5.74, 6) is -0.293. The van der Waals surface area contributed by atoms with E-state index in [1.807, 2.05) is 0 Å². The average Bonchev–Trinajstić information content (AvgIpc) is 3.07. The molecule has 2 aromatic heterocycles. The maximum Gasteiger partial charge on any atom is 0.263 e. The van der Waals surface area contributed by atoms with Crippen molar-refractivity contribution in [3.05, 3.63) is 31.4 Å². The second kappa shape index (κ2) is 17.5. The van der Waals surface area contributed by atoms with Crippen molar-refractivity contribution >= 4 is 43.7 Å². The average molecular weight is 663 g/mol. The summed E-state index contributed by atoms with van der Waals surface area (Å²) >= 11 is 0. The van der Waals surface area contributed by atoms with Gasteiger partial charge < -0.3 is 20.8 Å². The number of hydrogen-bond acceptors (Lipinski definition) is 8. The first-order valence-corrected chi connectivity index (χ1v) is 18.7. The normalized spacial score (nSPS) is 12.8. The lowest BCUT2D eigenvalue weighted by Gasteiger charge is -2.25. The first-order valence-electron chi connectivity index (χ1n) is 18.7. The summed E-state index contributed by atoms with van der Waals surface area (Å²) in [5.41, 5.74) is 0.541. The Morgan fingerprint density at radius 3 is 1.38 bits per heavy atom. The van der Waals surface area contributed by atoms with Crippen molar-refractivity contribution in [2.75, 3.05) is 36.8 Å². The van der Waals surface area contributed by atoms with Crippen molar-refractivity contribution in [2.45, 2.75) is 132 Å². The summed E-state index contributed by atoms with van der Waals surface area (Å²) in [6.45, 7) is 15.5. The summed E-state index contributed by atoms with van der Waals surface area (Å²) in [5, 5.41) is 34.9. The van der Waals surface area contributed by atoms with Crippen LogP contribution in [-0.2, 0) is 13.1 Å². The largest absolute Gasteiger partial charge is 0.494 e. The van der Waals surface area contributed by atoms with Gasteiger partial charge in [0.1, 0.15) is 0 Å². The third-order valence-corrected chi connectivity index (χ3v) is 9.27. The Bertz CT molecular complexity index is 1920. The number of benzene rings is 2. The molecule has 2 heterocycles. The van der Waals surface area contributed by atoms with E-state index in [9.17, 15) is 19.8 Å². The molecule has 10 heteroatoms. The third-order valence-electron chi connectivity index (χ3n) is 9.27. The van der Waals surface area contributed by atoms with Gasteiger partial charge in [-0.2, -0.15) is 0 Å². The molecule has 264 valence electrons. The SMILES string of the molecule is CCCCN=c1c(=NCCCC)c2c(=O)n(CCCC)c(O)c3c(NCCCC)c(NCCCC)c4c(=O)n(CCCC)c(O)c1c4c32. The van der Waals surface area contributed by atoms with Crippen LogP contribution < -0.4 is 32.5 Å². The number of aromatic nitrogens is 2. The van der Waals surface area contributed by atoms with Gasteiger partial charge in [0.25, 0.3) is 11.1 Å². The summed E-state index contributed by atoms with van der Waals surface area (Å²) in [6, 6.07) is 0. The molecule has 0 fully saturated rings. The van der Waals surface area contributed by atoms with E-state index in [4.69, 9.17) is 9.98 Å². The summed E-state index contributed by atoms with van der Waals surface area (Å²) in [7, 11) is 0. The molecule has 0 atom stereocenters. The van der Waals surface area contributed by atoms with Gasteiger partial charge in [0.15, 0.2) is 0 Å². The molecule has 4 N–H and O–H groups in total. The highest BCUT2D eigenvalue weighted by Gasteiger charge is 2.30. The highest BCUT2D eigenvalue weighted by molar-refractivity contribution is 6.31. The summed E-state index contributed by atoms with van der Waals surface area (Å²) in [4.78, 5) is 39.5. The van der Waals surface area contributed by atoms with Crippen LogP contribution in [0.15, 0.2) is 19.6 Å². The number of nitrogens with one attached hydrogen (secondary N) is 2. The molecule has 10 nitrogen and oxygen atoms in total. The molecular formula is C38H58N6O4. The number of anilines is 2. The molecule has 4 aromatic rings. The van der Waals surface area contributed by atoms with E-state index in [-0.39, 0.29) is 22.9 Å². The zero-order valence-corrected chi connectivity index (χ0v) is 30.2. The Hall–Kier alpha value is -3.82. The van der Waals surface area contributed by atoms with Crippen LogP contribution >= 0.6 is 0 Å². The Kier molecular flexibility index (Phi) is 13.5. The van der Waals surface area contributed by atoms with Gasteiger partial charge in [0, 0.05) is 50.0 Å². The lowest BCUT2D eigenvalue weighted by molar-refractivity contribution is 0.408. The van der Waals surface area contributed by atoms with Gasteiger partial charge in [-0.3, -0.25) is 28.7 Å². The fraction of sp³-hybridized carbons (Fsp3) is 0.632. The number of nitrogens with zero attached hydrogens (tertiary/aromatic N) is 4. The second-order valence-electron chi connectivity index (χ2n) is 13.0. The van der Waals surface area contributed by atoms with E-state index >= 15 is 0 Å². The topological polar surface area (TPSA) is 133 Å². The van der Waals surface area contributed by atoms with Gasteiger partial charge in [-0.15, -0.1) is 0 Å². The number of unbranched alkanes of at least 4 members (excludes halogenated alkanes) is 6. The molecule has 0 aliphatic rings. The predicted octanol–water partition coefficient (Wildman–Crippen LogP) is 7.18. The molecule has 0 bridgehead atoms. The van der Waals surface area contributed by atoms with Crippen molar-refractivity contribution in [3.8, 4) is 11.8 Å². The number of pyridine rings is 2. The Morgan fingerprint density at radius 1 is 0.500 bits per heavy atom. The first-order chi connectivity index (χ1) is 23.3. The fourth-order valence-electron chi connectivity index (χ4n) is 6.51. The smallest absolute Gasteiger partial charge is 0.263 e. The number of rotatable bonds is 20. The molecule has 0 unspecified atom stereocenters. The van der Waals surface area contributed by atoms with Gasteiger partial charge in [-0.25, -0.2) is 0 Å². The molecule has 4 rings (SSSR count). The van der Waals surface area contributed by atoms with Gasteiger partial charge in [0.2, 0.25) is 11.8 Å².